The third-order valence-corrected chi connectivity index (χ3v) is 2.23. The number of nitrogens with one attached hydrogen (secondary N) is 2. The van der Waals surface area contributed by atoms with Crippen LogP contribution in [0.5, 0.6) is 5.88 Å². The highest BCUT2D eigenvalue weighted by atomic mass is 16.6. The predicted octanol–water partition coefficient (Wildman–Crippen LogP) is 1.09. The van der Waals surface area contributed by atoms with Crippen molar-refractivity contribution in [2.24, 2.45) is 10.2 Å². The Labute approximate surface area is 109 Å². The zero-order valence-corrected chi connectivity index (χ0v) is 9.73. The molecule has 0 aliphatic rings. The molecule has 3 N–H and O–H groups in total. The number of para-hydroxylation sites is 1. The second kappa shape index (κ2) is 5.14. The molecule has 1 heterocycles. The summed E-state index contributed by atoms with van der Waals surface area (Å²) in [5, 5.41) is 27.1. The smallest absolute Gasteiger partial charge is 0.328 e. The van der Waals surface area contributed by atoms with Crippen LogP contribution in [-0.4, -0.2) is 20.0 Å². The molecule has 10 heteroatoms. The summed E-state index contributed by atoms with van der Waals surface area (Å²) >= 11 is 0. The SMILES string of the molecule is O=c1[nH]c(O)c(N=Nc2ccccc2[N+](=O)[O-])c(=O)[nH]1. The van der Waals surface area contributed by atoms with Crippen molar-refractivity contribution in [1.29, 1.82) is 0 Å². The first-order valence-electron chi connectivity index (χ1n) is 5.20. The summed E-state index contributed by atoms with van der Waals surface area (Å²) in [6.07, 6.45) is 0. The number of rotatable bonds is 3. The number of aromatic amines is 2. The van der Waals surface area contributed by atoms with Gasteiger partial charge >= 0.3 is 5.69 Å². The Morgan fingerprint density at radius 1 is 1.15 bits per heavy atom. The molecule has 2 rings (SSSR count). The standard InChI is InChI=1S/C10H7N5O5/c16-8-7(9(17)12-10(18)11-8)14-13-5-3-1-2-4-6(5)15(19)20/h1-4H,(H3,11,12,16,17,18). The Morgan fingerprint density at radius 2 is 1.85 bits per heavy atom. The van der Waals surface area contributed by atoms with E-state index in [0.717, 1.165) is 0 Å². The van der Waals surface area contributed by atoms with Gasteiger partial charge in [-0.1, -0.05) is 12.1 Å². The minimum atomic E-state index is -0.964. The molecule has 0 bridgehead atoms. The molecule has 0 fully saturated rings. The number of nitro groups is 1. The first-order valence-corrected chi connectivity index (χ1v) is 5.20. The molecule has 0 amide bonds. The topological polar surface area (TPSA) is 154 Å². The van der Waals surface area contributed by atoms with Gasteiger partial charge in [-0.2, -0.15) is 0 Å². The van der Waals surface area contributed by atoms with Gasteiger partial charge in [-0.15, -0.1) is 10.2 Å². The van der Waals surface area contributed by atoms with Gasteiger partial charge in [0.2, 0.25) is 11.6 Å². The van der Waals surface area contributed by atoms with Gasteiger partial charge in [0, 0.05) is 6.07 Å². The normalized spacial score (nSPS) is 10.8. The second-order valence-electron chi connectivity index (χ2n) is 3.55. The number of benzene rings is 1. The molecule has 20 heavy (non-hydrogen) atoms. The predicted molar refractivity (Wildman–Crippen MR) is 66.6 cm³/mol. The molecule has 10 nitrogen and oxygen atoms in total. The lowest BCUT2D eigenvalue weighted by Gasteiger charge is -1.96. The van der Waals surface area contributed by atoms with Crippen LogP contribution in [0, 0.1) is 10.1 Å². The van der Waals surface area contributed by atoms with Gasteiger partial charge in [0.1, 0.15) is 0 Å². The first-order chi connectivity index (χ1) is 9.49. The zero-order valence-electron chi connectivity index (χ0n) is 9.73. The van der Waals surface area contributed by atoms with E-state index in [-0.39, 0.29) is 11.4 Å². The number of aromatic nitrogens is 2. The van der Waals surface area contributed by atoms with Crippen LogP contribution in [-0.2, 0) is 0 Å². The molecule has 0 unspecified atom stereocenters. The second-order valence-corrected chi connectivity index (χ2v) is 3.55. The van der Waals surface area contributed by atoms with Gasteiger partial charge in [-0.05, 0) is 6.07 Å². The van der Waals surface area contributed by atoms with Crippen molar-refractivity contribution >= 4 is 17.1 Å². The number of nitro benzene ring substituents is 1. The van der Waals surface area contributed by atoms with E-state index in [1.54, 1.807) is 0 Å². The quantitative estimate of drug-likeness (QED) is 0.435. The maximum atomic E-state index is 11.4. The van der Waals surface area contributed by atoms with Crippen molar-refractivity contribution in [3.8, 4) is 5.88 Å². The molecule has 102 valence electrons. The molecular weight excluding hydrogens is 270 g/mol. The van der Waals surface area contributed by atoms with Crippen molar-refractivity contribution in [3.05, 3.63) is 55.2 Å². The Hall–Kier alpha value is -3.30. The van der Waals surface area contributed by atoms with Crippen molar-refractivity contribution in [1.82, 2.24) is 9.97 Å². The fraction of sp³-hybridized carbons (Fsp3) is 0. The largest absolute Gasteiger partial charge is 0.493 e. The number of hydrogen-bond acceptors (Lipinski definition) is 7. The Morgan fingerprint density at radius 3 is 2.50 bits per heavy atom. The number of H-pyrrole nitrogens is 2. The third kappa shape index (κ3) is 2.58. The highest BCUT2D eigenvalue weighted by Gasteiger charge is 2.13. The van der Waals surface area contributed by atoms with E-state index in [1.165, 1.54) is 24.3 Å². The fourth-order valence-corrected chi connectivity index (χ4v) is 1.37. The Bertz CT molecular complexity index is 806. The summed E-state index contributed by atoms with van der Waals surface area (Å²) in [5.41, 5.74) is -2.83. The molecular formula is C10H7N5O5. The summed E-state index contributed by atoms with van der Waals surface area (Å²) in [6.45, 7) is 0. The highest BCUT2D eigenvalue weighted by Crippen LogP contribution is 2.28. The summed E-state index contributed by atoms with van der Waals surface area (Å²) in [4.78, 5) is 36.1. The van der Waals surface area contributed by atoms with Crippen LogP contribution in [0.25, 0.3) is 0 Å². The minimum absolute atomic E-state index is 0.0949. The molecule has 1 aromatic carbocycles. The maximum Gasteiger partial charge on any atom is 0.328 e. The van der Waals surface area contributed by atoms with E-state index >= 15 is 0 Å². The van der Waals surface area contributed by atoms with E-state index in [9.17, 15) is 24.8 Å². The Balaban J connectivity index is 2.48. The minimum Gasteiger partial charge on any atom is -0.493 e. The first kappa shape index (κ1) is 13.1. The number of nitrogens with zero attached hydrogens (tertiary/aromatic N) is 3. The van der Waals surface area contributed by atoms with Gasteiger partial charge in [-0.25, -0.2) is 4.79 Å². The third-order valence-electron chi connectivity index (χ3n) is 2.23. The summed E-state index contributed by atoms with van der Waals surface area (Å²) < 4.78 is 0. The van der Waals surface area contributed by atoms with Gasteiger partial charge in [0.05, 0.1) is 4.92 Å². The molecule has 0 aliphatic carbocycles. The van der Waals surface area contributed by atoms with Gasteiger partial charge < -0.3 is 5.11 Å². The molecule has 0 aliphatic heterocycles. The maximum absolute atomic E-state index is 11.4. The lowest BCUT2D eigenvalue weighted by atomic mass is 10.3. The van der Waals surface area contributed by atoms with Crippen LogP contribution in [0.15, 0.2) is 44.1 Å². The van der Waals surface area contributed by atoms with Gasteiger partial charge in [-0.3, -0.25) is 24.9 Å². The van der Waals surface area contributed by atoms with Gasteiger partial charge in [0.25, 0.3) is 11.2 Å². The van der Waals surface area contributed by atoms with E-state index in [4.69, 9.17) is 0 Å². The lowest BCUT2D eigenvalue weighted by Crippen LogP contribution is -2.20. The molecule has 0 radical (unpaired) electrons. The molecule has 0 spiro atoms. The molecule has 0 atom stereocenters. The van der Waals surface area contributed by atoms with Crippen molar-refractivity contribution in [2.45, 2.75) is 0 Å². The van der Waals surface area contributed by atoms with Crippen molar-refractivity contribution < 1.29 is 10.0 Å². The van der Waals surface area contributed by atoms with E-state index in [0.29, 0.717) is 0 Å². The molecule has 1 aromatic heterocycles. The van der Waals surface area contributed by atoms with Crippen LogP contribution in [0.2, 0.25) is 0 Å². The van der Waals surface area contributed by atoms with Crippen LogP contribution >= 0.6 is 0 Å². The molecule has 0 saturated heterocycles. The summed E-state index contributed by atoms with van der Waals surface area (Å²) in [5.74, 6) is -0.777. The van der Waals surface area contributed by atoms with E-state index in [1.807, 2.05) is 9.97 Å². The molecule has 2 aromatic rings. The van der Waals surface area contributed by atoms with E-state index < -0.39 is 27.7 Å². The Kier molecular flexibility index (Phi) is 3.37. The highest BCUT2D eigenvalue weighted by molar-refractivity contribution is 5.56. The number of azo groups is 1. The van der Waals surface area contributed by atoms with Crippen LogP contribution < -0.4 is 11.2 Å². The zero-order chi connectivity index (χ0) is 14.7. The summed E-state index contributed by atoms with van der Waals surface area (Å²) in [6, 6.07) is 5.48. The summed E-state index contributed by atoms with van der Waals surface area (Å²) in [7, 11) is 0. The van der Waals surface area contributed by atoms with Crippen molar-refractivity contribution in [2.75, 3.05) is 0 Å². The van der Waals surface area contributed by atoms with Gasteiger partial charge in [0.15, 0.2) is 5.69 Å². The monoisotopic (exact) mass is 277 g/mol. The molecule has 0 saturated carbocycles. The average Bonchev–Trinajstić information content (AvgIpc) is 2.37. The van der Waals surface area contributed by atoms with Crippen LogP contribution in [0.1, 0.15) is 0 Å². The number of aromatic hydroxyl groups is 1. The van der Waals surface area contributed by atoms with E-state index in [2.05, 4.69) is 10.2 Å². The fourth-order valence-electron chi connectivity index (χ4n) is 1.37. The average molecular weight is 277 g/mol. The van der Waals surface area contributed by atoms with Crippen molar-refractivity contribution in [3.63, 3.8) is 0 Å². The lowest BCUT2D eigenvalue weighted by molar-refractivity contribution is -0.384. The van der Waals surface area contributed by atoms with Crippen LogP contribution in [0.3, 0.4) is 0 Å². The number of hydrogen-bond donors (Lipinski definition) is 3. The van der Waals surface area contributed by atoms with Crippen LogP contribution in [0.4, 0.5) is 17.1 Å².